The van der Waals surface area contributed by atoms with Crippen LogP contribution >= 0.6 is 0 Å². The molecule has 7 nitrogen and oxygen atoms in total. The predicted octanol–water partition coefficient (Wildman–Crippen LogP) is 4.09. The van der Waals surface area contributed by atoms with Crippen LogP contribution in [0.2, 0.25) is 0 Å². The molecule has 1 aliphatic heterocycles. The molecule has 1 unspecified atom stereocenters. The summed E-state index contributed by atoms with van der Waals surface area (Å²) in [7, 11) is 0. The summed E-state index contributed by atoms with van der Waals surface area (Å²) in [4.78, 5) is 24.2. The second-order valence-electron chi connectivity index (χ2n) is 9.47. The van der Waals surface area contributed by atoms with Gasteiger partial charge in [-0.05, 0) is 60.9 Å². The molecule has 5 rings (SSSR count). The van der Waals surface area contributed by atoms with Crippen LogP contribution in [-0.4, -0.2) is 48.2 Å². The molecule has 2 fully saturated rings. The van der Waals surface area contributed by atoms with E-state index in [-0.39, 0.29) is 17.9 Å². The lowest BCUT2D eigenvalue weighted by atomic mass is 9.76. The maximum atomic E-state index is 14.7. The molecule has 1 saturated carbocycles. The normalized spacial score (nSPS) is 23.1. The molecule has 0 spiro atoms. The van der Waals surface area contributed by atoms with Gasteiger partial charge >= 0.3 is 0 Å². The van der Waals surface area contributed by atoms with Crippen LogP contribution in [-0.2, 0) is 4.74 Å². The number of carbonyl (C=O) groups excluding carboxylic acids is 1. The smallest absolute Gasteiger partial charge is 0.257 e. The van der Waals surface area contributed by atoms with Crippen molar-refractivity contribution in [2.75, 3.05) is 36.5 Å². The molecule has 0 radical (unpaired) electrons. The highest BCUT2D eigenvalue weighted by Gasteiger charge is 2.28. The van der Waals surface area contributed by atoms with Gasteiger partial charge in [-0.15, -0.1) is 0 Å². The third kappa shape index (κ3) is 4.60. The Morgan fingerprint density at radius 2 is 2.00 bits per heavy atom. The number of nitrogens with two attached hydrogens (primary N) is 1. The molecule has 1 saturated heterocycles. The van der Waals surface area contributed by atoms with E-state index in [4.69, 9.17) is 10.5 Å². The quantitative estimate of drug-likeness (QED) is 0.605. The van der Waals surface area contributed by atoms with Crippen molar-refractivity contribution in [3.8, 4) is 0 Å². The number of aromatic nitrogens is 2. The number of nitrogens with one attached hydrogen (secondary N) is 1. The van der Waals surface area contributed by atoms with Crippen molar-refractivity contribution in [2.24, 2.45) is 11.7 Å². The lowest BCUT2D eigenvalue weighted by Gasteiger charge is -2.32. The molecule has 34 heavy (non-hydrogen) atoms. The van der Waals surface area contributed by atoms with Crippen molar-refractivity contribution in [1.82, 2.24) is 9.97 Å². The fourth-order valence-electron chi connectivity index (χ4n) is 5.32. The van der Waals surface area contributed by atoms with Crippen LogP contribution in [0.4, 0.5) is 15.8 Å². The Morgan fingerprint density at radius 1 is 1.18 bits per heavy atom. The van der Waals surface area contributed by atoms with Crippen LogP contribution in [0, 0.1) is 11.7 Å². The lowest BCUT2D eigenvalue weighted by Crippen LogP contribution is -2.36. The summed E-state index contributed by atoms with van der Waals surface area (Å²) in [6.45, 7) is 4.92. The van der Waals surface area contributed by atoms with Gasteiger partial charge in [-0.25, -0.2) is 4.39 Å². The number of carbonyl (C=O) groups is 1. The average Bonchev–Trinajstić information content (AvgIpc) is 2.84. The molecule has 1 amide bonds. The minimum Gasteiger partial charge on any atom is -0.378 e. The fourth-order valence-corrected chi connectivity index (χ4v) is 5.32. The number of benzene rings is 1. The van der Waals surface area contributed by atoms with Crippen LogP contribution in [0.25, 0.3) is 10.9 Å². The number of pyridine rings is 2. The zero-order valence-corrected chi connectivity index (χ0v) is 19.3. The molecular weight excluding hydrogens is 433 g/mol. The van der Waals surface area contributed by atoms with Gasteiger partial charge in [0.2, 0.25) is 0 Å². The summed E-state index contributed by atoms with van der Waals surface area (Å²) >= 11 is 0. The topological polar surface area (TPSA) is 93.4 Å². The molecule has 3 aromatic rings. The van der Waals surface area contributed by atoms with Crippen molar-refractivity contribution in [2.45, 2.75) is 38.1 Å². The highest BCUT2D eigenvalue weighted by molar-refractivity contribution is 6.12. The first-order valence-electron chi connectivity index (χ1n) is 11.9. The molecule has 0 bridgehead atoms. The third-order valence-corrected chi connectivity index (χ3v) is 6.92. The van der Waals surface area contributed by atoms with Crippen molar-refractivity contribution in [3.05, 3.63) is 59.8 Å². The molecule has 178 valence electrons. The van der Waals surface area contributed by atoms with Gasteiger partial charge in [0, 0.05) is 30.7 Å². The highest BCUT2D eigenvalue weighted by Crippen LogP contribution is 2.38. The first kappa shape index (κ1) is 22.7. The maximum absolute atomic E-state index is 14.7. The Labute approximate surface area is 198 Å². The molecule has 2 aromatic heterocycles. The molecule has 1 aromatic carbocycles. The SMILES string of the molecule is C[C@@H]1CC(N)C[C@H](c2ccncc2NC(=O)c2ccc(F)c3cc(N4CCOCC4)cnc23)C1. The van der Waals surface area contributed by atoms with Crippen LogP contribution < -0.4 is 16.0 Å². The number of amides is 1. The van der Waals surface area contributed by atoms with Crippen molar-refractivity contribution in [3.63, 3.8) is 0 Å². The molecule has 3 heterocycles. The Balaban J connectivity index is 1.44. The first-order valence-corrected chi connectivity index (χ1v) is 11.9. The predicted molar refractivity (Wildman–Crippen MR) is 131 cm³/mol. The van der Waals surface area contributed by atoms with E-state index in [9.17, 15) is 9.18 Å². The second kappa shape index (κ2) is 9.64. The number of morpholine rings is 1. The number of ether oxygens (including phenoxy) is 1. The number of halogens is 1. The highest BCUT2D eigenvalue weighted by atomic mass is 19.1. The summed E-state index contributed by atoms with van der Waals surface area (Å²) in [5.41, 5.74) is 9.48. The number of hydrogen-bond acceptors (Lipinski definition) is 6. The van der Waals surface area contributed by atoms with E-state index < -0.39 is 5.82 Å². The largest absolute Gasteiger partial charge is 0.378 e. The van der Waals surface area contributed by atoms with Crippen molar-refractivity contribution < 1.29 is 13.9 Å². The minimum absolute atomic E-state index is 0.149. The Morgan fingerprint density at radius 3 is 2.79 bits per heavy atom. The van der Waals surface area contributed by atoms with Gasteiger partial charge in [-0.3, -0.25) is 14.8 Å². The van der Waals surface area contributed by atoms with Crippen LogP contribution in [0.1, 0.15) is 48.0 Å². The molecule has 8 heteroatoms. The van der Waals surface area contributed by atoms with E-state index in [1.54, 1.807) is 24.7 Å². The molecule has 2 aliphatic rings. The van der Waals surface area contributed by atoms with E-state index in [2.05, 4.69) is 27.1 Å². The van der Waals surface area contributed by atoms with Gasteiger partial charge in [-0.2, -0.15) is 0 Å². The van der Waals surface area contributed by atoms with E-state index in [0.29, 0.717) is 41.3 Å². The minimum atomic E-state index is -0.401. The first-order chi connectivity index (χ1) is 16.5. The van der Waals surface area contributed by atoms with Gasteiger partial charge < -0.3 is 20.7 Å². The summed E-state index contributed by atoms with van der Waals surface area (Å²) in [6, 6.07) is 6.69. The average molecular weight is 464 g/mol. The Kier molecular flexibility index (Phi) is 6.43. The number of fused-ring (bicyclic) bond motifs is 1. The zero-order chi connectivity index (χ0) is 23.7. The number of hydrogen-bond donors (Lipinski definition) is 2. The van der Waals surface area contributed by atoms with Gasteiger partial charge in [0.1, 0.15) is 5.82 Å². The molecule has 3 N–H and O–H groups in total. The van der Waals surface area contributed by atoms with Crippen LogP contribution in [0.3, 0.4) is 0 Å². The lowest BCUT2D eigenvalue weighted by molar-refractivity contribution is 0.102. The summed E-state index contributed by atoms with van der Waals surface area (Å²) < 4.78 is 20.2. The van der Waals surface area contributed by atoms with E-state index in [1.165, 1.54) is 12.1 Å². The van der Waals surface area contributed by atoms with Gasteiger partial charge in [-0.1, -0.05) is 6.92 Å². The molecule has 1 aliphatic carbocycles. The monoisotopic (exact) mass is 463 g/mol. The zero-order valence-electron chi connectivity index (χ0n) is 19.3. The van der Waals surface area contributed by atoms with Crippen LogP contribution in [0.5, 0.6) is 0 Å². The fraction of sp³-hybridized carbons (Fsp3) is 0.423. The van der Waals surface area contributed by atoms with E-state index >= 15 is 0 Å². The number of rotatable bonds is 4. The number of nitrogens with zero attached hydrogens (tertiary/aromatic N) is 3. The van der Waals surface area contributed by atoms with Gasteiger partial charge in [0.05, 0.1) is 48.1 Å². The van der Waals surface area contributed by atoms with Gasteiger partial charge in [0.15, 0.2) is 0 Å². The summed E-state index contributed by atoms with van der Waals surface area (Å²) in [5.74, 6) is 0.0491. The Bertz CT molecular complexity index is 1190. The van der Waals surface area contributed by atoms with E-state index in [1.807, 2.05) is 6.07 Å². The van der Waals surface area contributed by atoms with Crippen LogP contribution in [0.15, 0.2) is 42.9 Å². The van der Waals surface area contributed by atoms with Crippen molar-refractivity contribution in [1.29, 1.82) is 0 Å². The third-order valence-electron chi connectivity index (χ3n) is 6.92. The molecular formula is C26H30FN5O2. The Hall–Kier alpha value is -3.10. The summed E-state index contributed by atoms with van der Waals surface area (Å²) in [6.07, 6.45) is 8.03. The summed E-state index contributed by atoms with van der Waals surface area (Å²) in [5, 5.41) is 3.34. The molecule has 3 atom stereocenters. The maximum Gasteiger partial charge on any atom is 0.257 e. The number of anilines is 2. The van der Waals surface area contributed by atoms with E-state index in [0.717, 1.165) is 43.6 Å². The van der Waals surface area contributed by atoms with Gasteiger partial charge in [0.25, 0.3) is 5.91 Å². The standard InChI is InChI=1S/C26H30FN5O2/c1-16-10-17(12-18(28)11-16)20-4-5-29-15-24(20)31-26(33)21-2-3-23(27)22-13-19(14-30-25(21)22)32-6-8-34-9-7-32/h2-5,13-18H,6-12,28H2,1H3,(H,31,33)/t16-,17+,18?/m0/s1. The second-order valence-corrected chi connectivity index (χ2v) is 9.47. The van der Waals surface area contributed by atoms with Crippen molar-refractivity contribution >= 4 is 28.2 Å².